The fourth-order valence-corrected chi connectivity index (χ4v) is 3.29. The number of amides is 2. The molecule has 2 aromatic carbocycles. The lowest BCUT2D eigenvalue weighted by atomic mass is 10.0. The first-order valence-electron chi connectivity index (χ1n) is 8.53. The van der Waals surface area contributed by atoms with Crippen LogP contribution in [0.25, 0.3) is 0 Å². The molecular weight excluding hydrogens is 410 g/mol. The predicted octanol–water partition coefficient (Wildman–Crippen LogP) is 3.67. The summed E-state index contributed by atoms with van der Waals surface area (Å²) < 4.78 is 0.942. The maximum atomic E-state index is 12.6. The van der Waals surface area contributed by atoms with Gasteiger partial charge in [-0.05, 0) is 36.2 Å². The van der Waals surface area contributed by atoms with E-state index in [1.54, 1.807) is 7.05 Å². The third-order valence-electron chi connectivity index (χ3n) is 4.28. The summed E-state index contributed by atoms with van der Waals surface area (Å²) in [5.74, 6) is -0.577. The van der Waals surface area contributed by atoms with Gasteiger partial charge in [0.1, 0.15) is 5.71 Å². The van der Waals surface area contributed by atoms with Gasteiger partial charge < -0.3 is 15.1 Å². The summed E-state index contributed by atoms with van der Waals surface area (Å²) in [6.45, 7) is 1.84. The van der Waals surface area contributed by atoms with E-state index in [9.17, 15) is 9.59 Å². The number of nitrogens with zero attached hydrogens (tertiary/aromatic N) is 2. The Morgan fingerprint density at radius 2 is 2.00 bits per heavy atom. The van der Waals surface area contributed by atoms with Crippen LogP contribution in [-0.2, 0) is 14.4 Å². The van der Waals surface area contributed by atoms with Crippen LogP contribution >= 0.6 is 15.9 Å². The molecular formula is C20H20BrN3O3. The Morgan fingerprint density at radius 3 is 2.70 bits per heavy atom. The highest BCUT2D eigenvalue weighted by Crippen LogP contribution is 2.27. The smallest absolute Gasteiger partial charge is 0.272 e. The number of halogens is 1. The van der Waals surface area contributed by atoms with Gasteiger partial charge >= 0.3 is 0 Å². The molecule has 1 aliphatic rings. The van der Waals surface area contributed by atoms with Crippen molar-refractivity contribution in [1.82, 2.24) is 4.90 Å². The molecule has 7 heteroatoms. The number of anilines is 1. The zero-order chi connectivity index (χ0) is 19.4. The second kappa shape index (κ2) is 8.35. The van der Waals surface area contributed by atoms with Crippen LogP contribution in [-0.4, -0.2) is 36.0 Å². The minimum Gasteiger partial charge on any atom is -0.387 e. The molecule has 1 N–H and O–H groups in total. The molecule has 0 fully saturated rings. The van der Waals surface area contributed by atoms with Crippen molar-refractivity contribution in [3.05, 3.63) is 64.1 Å². The number of benzene rings is 2. The number of nitrogens with one attached hydrogen (secondary N) is 1. The third-order valence-corrected chi connectivity index (χ3v) is 4.77. The molecule has 0 radical (unpaired) electrons. The molecule has 0 bridgehead atoms. The van der Waals surface area contributed by atoms with E-state index in [0.29, 0.717) is 12.1 Å². The second-order valence-electron chi connectivity index (χ2n) is 6.42. The average molecular weight is 430 g/mol. The van der Waals surface area contributed by atoms with E-state index in [4.69, 9.17) is 4.84 Å². The van der Waals surface area contributed by atoms with Crippen molar-refractivity contribution < 1.29 is 14.4 Å². The molecule has 0 spiro atoms. The fraction of sp³-hybridized carbons (Fsp3) is 0.250. The van der Waals surface area contributed by atoms with Crippen molar-refractivity contribution in [2.75, 3.05) is 18.9 Å². The summed E-state index contributed by atoms with van der Waals surface area (Å²) in [7, 11) is 1.58. The maximum Gasteiger partial charge on any atom is 0.272 e. The van der Waals surface area contributed by atoms with Gasteiger partial charge in [0, 0.05) is 23.6 Å². The molecule has 6 nitrogen and oxygen atoms in total. The van der Waals surface area contributed by atoms with E-state index in [1.165, 1.54) is 4.90 Å². The Balaban J connectivity index is 1.55. The monoisotopic (exact) mass is 429 g/mol. The third kappa shape index (κ3) is 4.74. The van der Waals surface area contributed by atoms with Crippen molar-refractivity contribution in [1.29, 1.82) is 0 Å². The van der Waals surface area contributed by atoms with E-state index >= 15 is 0 Å². The Bertz CT molecular complexity index is 883. The summed E-state index contributed by atoms with van der Waals surface area (Å²) in [5.41, 5.74) is 2.94. The lowest BCUT2D eigenvalue weighted by Crippen LogP contribution is -2.38. The molecule has 0 aliphatic carbocycles. The number of carbonyl (C=O) groups is 2. The number of hydrogen-bond donors (Lipinski definition) is 1. The van der Waals surface area contributed by atoms with Gasteiger partial charge in [-0.3, -0.25) is 9.59 Å². The largest absolute Gasteiger partial charge is 0.387 e. The van der Waals surface area contributed by atoms with E-state index in [-0.39, 0.29) is 24.5 Å². The zero-order valence-electron chi connectivity index (χ0n) is 15.1. The maximum absolute atomic E-state index is 12.6. The molecule has 0 aromatic heterocycles. The van der Waals surface area contributed by atoms with Gasteiger partial charge in [0.15, 0.2) is 6.10 Å². The SMILES string of the molecule is Cc1cc(Br)ccc1NC(=O)CN(C)C(=O)C1=NOC(c2ccccc2)C1. The van der Waals surface area contributed by atoms with Gasteiger partial charge in [0.05, 0.1) is 6.54 Å². The van der Waals surface area contributed by atoms with Gasteiger partial charge in [0.25, 0.3) is 5.91 Å². The highest BCUT2D eigenvalue weighted by atomic mass is 79.9. The number of likely N-dealkylation sites (N-methyl/N-ethyl adjacent to an activating group) is 1. The number of hydrogen-bond acceptors (Lipinski definition) is 4. The number of carbonyl (C=O) groups excluding carboxylic acids is 2. The van der Waals surface area contributed by atoms with E-state index in [1.807, 2.05) is 55.5 Å². The average Bonchev–Trinajstić information content (AvgIpc) is 3.14. The van der Waals surface area contributed by atoms with E-state index < -0.39 is 0 Å². The van der Waals surface area contributed by atoms with E-state index in [2.05, 4.69) is 26.4 Å². The first kappa shape index (κ1) is 19.1. The number of oxime groups is 1. The minimum atomic E-state index is -0.309. The fourth-order valence-electron chi connectivity index (χ4n) is 2.81. The summed E-state index contributed by atoms with van der Waals surface area (Å²) >= 11 is 3.39. The second-order valence-corrected chi connectivity index (χ2v) is 7.33. The van der Waals surface area contributed by atoms with Crippen LogP contribution in [0.3, 0.4) is 0 Å². The molecule has 1 heterocycles. The van der Waals surface area contributed by atoms with Crippen molar-refractivity contribution in [3.63, 3.8) is 0 Å². The van der Waals surface area contributed by atoms with Gasteiger partial charge in [-0.15, -0.1) is 0 Å². The summed E-state index contributed by atoms with van der Waals surface area (Å²) in [6.07, 6.45) is 0.124. The molecule has 0 saturated heterocycles. The molecule has 1 unspecified atom stereocenters. The van der Waals surface area contributed by atoms with Crippen LogP contribution in [0.1, 0.15) is 23.7 Å². The van der Waals surface area contributed by atoms with Crippen molar-refractivity contribution >= 4 is 39.1 Å². The summed E-state index contributed by atoms with van der Waals surface area (Å²) in [5, 5.41) is 6.74. The first-order valence-corrected chi connectivity index (χ1v) is 9.32. The molecule has 3 rings (SSSR count). The number of aryl methyl sites for hydroxylation is 1. The van der Waals surface area contributed by atoms with Crippen LogP contribution in [0.2, 0.25) is 0 Å². The van der Waals surface area contributed by atoms with Crippen molar-refractivity contribution in [3.8, 4) is 0 Å². The Kier molecular flexibility index (Phi) is 5.91. The summed E-state index contributed by atoms with van der Waals surface area (Å²) in [6, 6.07) is 15.2. The van der Waals surface area contributed by atoms with Crippen molar-refractivity contribution in [2.45, 2.75) is 19.4 Å². The Morgan fingerprint density at radius 1 is 1.26 bits per heavy atom. The Labute approximate surface area is 166 Å². The molecule has 1 aliphatic heterocycles. The first-order chi connectivity index (χ1) is 12.9. The molecule has 0 saturated carbocycles. The summed E-state index contributed by atoms with van der Waals surface area (Å²) in [4.78, 5) is 31.6. The quantitative estimate of drug-likeness (QED) is 0.787. The van der Waals surface area contributed by atoms with Crippen LogP contribution in [0.5, 0.6) is 0 Å². The van der Waals surface area contributed by atoms with Gasteiger partial charge in [-0.1, -0.05) is 51.4 Å². The highest BCUT2D eigenvalue weighted by Gasteiger charge is 2.29. The van der Waals surface area contributed by atoms with Crippen LogP contribution in [0, 0.1) is 6.92 Å². The lowest BCUT2D eigenvalue weighted by Gasteiger charge is -2.17. The molecule has 27 heavy (non-hydrogen) atoms. The highest BCUT2D eigenvalue weighted by molar-refractivity contribution is 9.10. The van der Waals surface area contributed by atoms with Gasteiger partial charge in [-0.2, -0.15) is 0 Å². The predicted molar refractivity (Wildman–Crippen MR) is 107 cm³/mol. The molecule has 140 valence electrons. The molecule has 2 amide bonds. The lowest BCUT2D eigenvalue weighted by molar-refractivity contribution is -0.127. The van der Waals surface area contributed by atoms with Gasteiger partial charge in [0.2, 0.25) is 5.91 Å². The normalized spacial score (nSPS) is 15.7. The van der Waals surface area contributed by atoms with Crippen LogP contribution in [0.4, 0.5) is 5.69 Å². The topological polar surface area (TPSA) is 71.0 Å². The molecule has 2 aromatic rings. The van der Waals surface area contributed by atoms with Crippen molar-refractivity contribution in [2.24, 2.45) is 5.16 Å². The molecule has 1 atom stereocenters. The van der Waals surface area contributed by atoms with Crippen LogP contribution in [0.15, 0.2) is 58.2 Å². The zero-order valence-corrected chi connectivity index (χ0v) is 16.7. The number of rotatable bonds is 5. The Hall–Kier alpha value is -2.67. The minimum absolute atomic E-state index is 0.0661. The van der Waals surface area contributed by atoms with Crippen LogP contribution < -0.4 is 5.32 Å². The van der Waals surface area contributed by atoms with E-state index in [0.717, 1.165) is 21.3 Å². The standard InChI is InChI=1S/C20H20BrN3O3/c1-13-10-15(21)8-9-16(13)22-19(25)12-24(2)20(26)17-11-18(27-23-17)14-6-4-3-5-7-14/h3-10,18H,11-12H2,1-2H3,(H,22,25). The van der Waals surface area contributed by atoms with Gasteiger partial charge in [-0.25, -0.2) is 0 Å².